The van der Waals surface area contributed by atoms with Gasteiger partial charge in [0.05, 0.1) is 19.3 Å². The standard InChI is InChI=1S/C26H44N4O3/c1-2-29(24-11-7-4-8-12-24)20-23(19-27)28-26(32)22(17-21-9-5-3-6-10-21)18-25(31)30-13-15-33-16-14-30/h21-24H,2-18,20H2,1H3,(H,28,32)/t22?,23-/m1/s1. The van der Waals surface area contributed by atoms with Crippen LogP contribution in [0.4, 0.5) is 0 Å². The maximum atomic E-state index is 13.4. The van der Waals surface area contributed by atoms with E-state index in [4.69, 9.17) is 4.74 Å². The van der Waals surface area contributed by atoms with Crippen LogP contribution >= 0.6 is 0 Å². The third-order valence-corrected chi connectivity index (χ3v) is 7.88. The Morgan fingerprint density at radius 3 is 2.30 bits per heavy atom. The maximum Gasteiger partial charge on any atom is 0.224 e. The topological polar surface area (TPSA) is 85.7 Å². The average Bonchev–Trinajstić information content (AvgIpc) is 2.87. The number of hydrogen-bond acceptors (Lipinski definition) is 5. The molecule has 7 heteroatoms. The van der Waals surface area contributed by atoms with Crippen LogP contribution in [0.2, 0.25) is 0 Å². The van der Waals surface area contributed by atoms with Crippen LogP contribution in [0.25, 0.3) is 0 Å². The van der Waals surface area contributed by atoms with E-state index in [1.54, 1.807) is 0 Å². The summed E-state index contributed by atoms with van der Waals surface area (Å²) in [5, 5.41) is 12.9. The zero-order valence-electron chi connectivity index (χ0n) is 20.6. The molecule has 3 fully saturated rings. The number of nitriles is 1. The normalized spacial score (nSPS) is 22.5. The molecule has 0 spiro atoms. The van der Waals surface area contributed by atoms with Crippen molar-refractivity contribution in [2.45, 2.75) is 96.1 Å². The van der Waals surface area contributed by atoms with E-state index >= 15 is 0 Å². The van der Waals surface area contributed by atoms with Gasteiger partial charge in [0, 0.05) is 38.0 Å². The van der Waals surface area contributed by atoms with Gasteiger partial charge in [-0.1, -0.05) is 58.3 Å². The number of morpholine rings is 1. The number of carbonyl (C=O) groups excluding carboxylic acids is 2. The summed E-state index contributed by atoms with van der Waals surface area (Å²) in [5.74, 6) is 0.0690. The quantitative estimate of drug-likeness (QED) is 0.539. The highest BCUT2D eigenvalue weighted by Crippen LogP contribution is 2.31. The number of nitrogens with one attached hydrogen (secondary N) is 1. The van der Waals surface area contributed by atoms with Crippen molar-refractivity contribution < 1.29 is 14.3 Å². The Kier molecular flexibility index (Phi) is 10.9. The lowest BCUT2D eigenvalue weighted by Gasteiger charge is -2.35. The first-order chi connectivity index (χ1) is 16.1. The van der Waals surface area contributed by atoms with E-state index < -0.39 is 6.04 Å². The zero-order valence-corrected chi connectivity index (χ0v) is 20.6. The summed E-state index contributed by atoms with van der Waals surface area (Å²) in [6.45, 7) is 5.93. The first-order valence-electron chi connectivity index (χ1n) is 13.4. The lowest BCUT2D eigenvalue weighted by atomic mass is 9.81. The predicted octanol–water partition coefficient (Wildman–Crippen LogP) is 3.48. The minimum absolute atomic E-state index is 0.0418. The van der Waals surface area contributed by atoms with Gasteiger partial charge in [0.25, 0.3) is 0 Å². The van der Waals surface area contributed by atoms with Crippen LogP contribution < -0.4 is 5.32 Å². The minimum Gasteiger partial charge on any atom is -0.378 e. The van der Waals surface area contributed by atoms with E-state index in [0.717, 1.165) is 25.8 Å². The fourth-order valence-corrected chi connectivity index (χ4v) is 5.89. The molecule has 1 heterocycles. The highest BCUT2D eigenvalue weighted by atomic mass is 16.5. The Hall–Kier alpha value is -1.65. The summed E-state index contributed by atoms with van der Waals surface area (Å²) in [6, 6.07) is 2.30. The molecule has 0 bridgehead atoms. The van der Waals surface area contributed by atoms with E-state index in [2.05, 4.69) is 23.2 Å². The van der Waals surface area contributed by atoms with Crippen molar-refractivity contribution in [3.05, 3.63) is 0 Å². The molecule has 7 nitrogen and oxygen atoms in total. The second-order valence-corrected chi connectivity index (χ2v) is 10.2. The molecule has 2 atom stereocenters. The Labute approximate surface area is 200 Å². The molecule has 33 heavy (non-hydrogen) atoms. The monoisotopic (exact) mass is 460 g/mol. The molecule has 1 N–H and O–H groups in total. The van der Waals surface area contributed by atoms with Gasteiger partial charge in [-0.05, 0) is 31.7 Å². The Bertz CT molecular complexity index is 646. The van der Waals surface area contributed by atoms with Crippen LogP contribution in [-0.2, 0) is 14.3 Å². The number of nitrogens with zero attached hydrogens (tertiary/aromatic N) is 3. The summed E-state index contributed by atoms with van der Waals surface area (Å²) in [7, 11) is 0. The number of ether oxygens (including phenoxy) is 1. The molecule has 3 rings (SSSR count). The van der Waals surface area contributed by atoms with Crippen LogP contribution in [0.5, 0.6) is 0 Å². The summed E-state index contributed by atoms with van der Waals surface area (Å²) >= 11 is 0. The smallest absolute Gasteiger partial charge is 0.224 e. The Balaban J connectivity index is 1.60. The summed E-state index contributed by atoms with van der Waals surface area (Å²) in [4.78, 5) is 30.5. The molecular formula is C26H44N4O3. The van der Waals surface area contributed by atoms with E-state index in [9.17, 15) is 14.9 Å². The summed E-state index contributed by atoms with van der Waals surface area (Å²) in [5.41, 5.74) is 0. The molecule has 1 unspecified atom stereocenters. The molecule has 186 valence electrons. The van der Waals surface area contributed by atoms with E-state index in [1.807, 2.05) is 4.90 Å². The van der Waals surface area contributed by atoms with Gasteiger partial charge < -0.3 is 15.0 Å². The molecule has 3 aliphatic rings. The fourth-order valence-electron chi connectivity index (χ4n) is 5.89. The molecule has 0 aromatic heterocycles. The lowest BCUT2D eigenvalue weighted by molar-refractivity contribution is -0.140. The average molecular weight is 461 g/mol. The van der Waals surface area contributed by atoms with E-state index in [0.29, 0.717) is 44.8 Å². The first-order valence-corrected chi connectivity index (χ1v) is 13.4. The molecule has 0 aromatic rings. The van der Waals surface area contributed by atoms with Crippen molar-refractivity contribution in [3.63, 3.8) is 0 Å². The Morgan fingerprint density at radius 1 is 1.06 bits per heavy atom. The maximum absolute atomic E-state index is 13.4. The third kappa shape index (κ3) is 8.26. The van der Waals surface area contributed by atoms with Gasteiger partial charge in [0.1, 0.15) is 6.04 Å². The van der Waals surface area contributed by atoms with Gasteiger partial charge in [0.2, 0.25) is 11.8 Å². The van der Waals surface area contributed by atoms with Gasteiger partial charge in [-0.2, -0.15) is 5.26 Å². The highest BCUT2D eigenvalue weighted by Gasteiger charge is 2.31. The van der Waals surface area contributed by atoms with Crippen molar-refractivity contribution in [2.75, 3.05) is 39.4 Å². The summed E-state index contributed by atoms with van der Waals surface area (Å²) in [6.07, 6.45) is 13.1. The van der Waals surface area contributed by atoms with Crippen molar-refractivity contribution in [3.8, 4) is 6.07 Å². The minimum atomic E-state index is -0.535. The van der Waals surface area contributed by atoms with Crippen LogP contribution in [0.1, 0.15) is 84.0 Å². The SMILES string of the molecule is CCN(C[C@@H](C#N)NC(=O)C(CC(=O)N1CCOCC1)CC1CCCCC1)C1CCCCC1. The van der Waals surface area contributed by atoms with Crippen LogP contribution in [0, 0.1) is 23.2 Å². The van der Waals surface area contributed by atoms with Crippen LogP contribution in [0.3, 0.4) is 0 Å². The molecule has 2 amide bonds. The van der Waals surface area contributed by atoms with Crippen molar-refractivity contribution >= 4 is 11.8 Å². The Morgan fingerprint density at radius 2 is 1.70 bits per heavy atom. The van der Waals surface area contributed by atoms with Crippen molar-refractivity contribution in [1.29, 1.82) is 5.26 Å². The van der Waals surface area contributed by atoms with Gasteiger partial charge >= 0.3 is 0 Å². The number of rotatable bonds is 10. The van der Waals surface area contributed by atoms with E-state index in [1.165, 1.54) is 51.4 Å². The number of amides is 2. The second-order valence-electron chi connectivity index (χ2n) is 10.2. The first kappa shape index (κ1) is 26.0. The lowest BCUT2D eigenvalue weighted by Crippen LogP contribution is -2.49. The molecule has 2 saturated carbocycles. The van der Waals surface area contributed by atoms with E-state index in [-0.39, 0.29) is 24.2 Å². The molecule has 0 aromatic carbocycles. The molecule has 0 radical (unpaired) electrons. The summed E-state index contributed by atoms with van der Waals surface area (Å²) < 4.78 is 5.37. The fraction of sp³-hybridized carbons (Fsp3) is 0.885. The largest absolute Gasteiger partial charge is 0.378 e. The number of carbonyl (C=O) groups is 2. The predicted molar refractivity (Wildman–Crippen MR) is 128 cm³/mol. The molecular weight excluding hydrogens is 416 g/mol. The molecule has 2 aliphatic carbocycles. The van der Waals surface area contributed by atoms with Gasteiger partial charge in [0.15, 0.2) is 0 Å². The van der Waals surface area contributed by atoms with Gasteiger partial charge in [-0.3, -0.25) is 14.5 Å². The van der Waals surface area contributed by atoms with Crippen LogP contribution in [-0.4, -0.2) is 73.1 Å². The van der Waals surface area contributed by atoms with Crippen molar-refractivity contribution in [1.82, 2.24) is 15.1 Å². The van der Waals surface area contributed by atoms with Gasteiger partial charge in [-0.15, -0.1) is 0 Å². The second kappa shape index (κ2) is 13.9. The molecule has 1 saturated heterocycles. The van der Waals surface area contributed by atoms with Crippen molar-refractivity contribution in [2.24, 2.45) is 11.8 Å². The molecule has 1 aliphatic heterocycles. The van der Waals surface area contributed by atoms with Crippen LogP contribution in [0.15, 0.2) is 0 Å². The third-order valence-electron chi connectivity index (χ3n) is 7.88. The number of likely N-dealkylation sites (N-methyl/N-ethyl adjacent to an activating group) is 1. The zero-order chi connectivity index (χ0) is 23.5. The number of hydrogen-bond donors (Lipinski definition) is 1. The van der Waals surface area contributed by atoms with Gasteiger partial charge in [-0.25, -0.2) is 0 Å². The highest BCUT2D eigenvalue weighted by molar-refractivity contribution is 5.86.